The molecule has 0 radical (unpaired) electrons. The molecule has 6 nitrogen and oxygen atoms in total. The lowest BCUT2D eigenvalue weighted by molar-refractivity contribution is 0.0453. The molecule has 0 aliphatic heterocycles. The van der Waals surface area contributed by atoms with E-state index in [0.29, 0.717) is 32.9 Å². The molecule has 2 aromatic rings. The van der Waals surface area contributed by atoms with Gasteiger partial charge in [0.05, 0.1) is 26.4 Å². The van der Waals surface area contributed by atoms with Crippen LogP contribution >= 0.6 is 11.3 Å². The average Bonchev–Trinajstić information content (AvgIpc) is 3.16. The molecule has 0 atom stereocenters. The molecule has 2 N–H and O–H groups in total. The van der Waals surface area contributed by atoms with Gasteiger partial charge in [-0.25, -0.2) is 4.98 Å². The quantitative estimate of drug-likeness (QED) is 0.351. The van der Waals surface area contributed by atoms with Gasteiger partial charge in [-0.2, -0.15) is 0 Å². The Hall–Kier alpha value is -1.96. The van der Waals surface area contributed by atoms with Gasteiger partial charge in [-0.3, -0.25) is 4.99 Å². The van der Waals surface area contributed by atoms with Gasteiger partial charge in [0, 0.05) is 31.3 Å². The Labute approximate surface area is 166 Å². The number of nitrogens with one attached hydrogen (secondary N) is 2. The molecule has 0 amide bonds. The van der Waals surface area contributed by atoms with Crippen molar-refractivity contribution in [1.29, 1.82) is 0 Å². The first kappa shape index (κ1) is 21.3. The van der Waals surface area contributed by atoms with E-state index in [4.69, 9.17) is 9.47 Å². The van der Waals surface area contributed by atoms with E-state index in [1.54, 1.807) is 18.4 Å². The highest BCUT2D eigenvalue weighted by molar-refractivity contribution is 7.11. The molecule has 2 rings (SSSR count). The van der Waals surface area contributed by atoms with Crippen LogP contribution in [0, 0.1) is 0 Å². The van der Waals surface area contributed by atoms with E-state index >= 15 is 0 Å². The second-order valence-corrected chi connectivity index (χ2v) is 7.12. The third kappa shape index (κ3) is 8.07. The van der Waals surface area contributed by atoms with Crippen molar-refractivity contribution in [2.45, 2.75) is 40.0 Å². The summed E-state index contributed by atoms with van der Waals surface area (Å²) < 4.78 is 10.9. The van der Waals surface area contributed by atoms with Gasteiger partial charge in [0.2, 0.25) is 0 Å². The second kappa shape index (κ2) is 12.4. The Morgan fingerprint density at radius 1 is 1.11 bits per heavy atom. The third-order valence-corrected chi connectivity index (χ3v) is 5.02. The highest BCUT2D eigenvalue weighted by atomic mass is 32.1. The van der Waals surface area contributed by atoms with Crippen LogP contribution in [0.25, 0.3) is 0 Å². The summed E-state index contributed by atoms with van der Waals surface area (Å²) in [6.07, 6.45) is 2.97. The van der Waals surface area contributed by atoms with Gasteiger partial charge in [-0.15, -0.1) is 11.3 Å². The van der Waals surface area contributed by atoms with E-state index in [9.17, 15) is 0 Å². The van der Waals surface area contributed by atoms with Crippen molar-refractivity contribution in [1.82, 2.24) is 15.6 Å². The molecule has 0 saturated heterocycles. The van der Waals surface area contributed by atoms with Crippen LogP contribution in [0.3, 0.4) is 0 Å². The number of thiazole rings is 1. The molecule has 1 aromatic carbocycles. The first-order chi connectivity index (χ1) is 13.2. The maximum atomic E-state index is 5.64. The predicted octanol–water partition coefficient (Wildman–Crippen LogP) is 3.12. The van der Waals surface area contributed by atoms with Crippen LogP contribution in [0.5, 0.6) is 0 Å². The number of hydrogen-bond acceptors (Lipinski definition) is 5. The van der Waals surface area contributed by atoms with E-state index in [2.05, 4.69) is 51.8 Å². The van der Waals surface area contributed by atoms with Crippen molar-refractivity contribution < 1.29 is 9.47 Å². The topological polar surface area (TPSA) is 67.8 Å². The number of aromatic nitrogens is 1. The Kier molecular flexibility index (Phi) is 9.83. The van der Waals surface area contributed by atoms with Crippen LogP contribution in [0.1, 0.15) is 34.9 Å². The normalized spacial score (nSPS) is 11.6. The highest BCUT2D eigenvalue weighted by Gasteiger charge is 2.03. The predicted molar refractivity (Wildman–Crippen MR) is 111 cm³/mol. The molecule has 0 fully saturated rings. The van der Waals surface area contributed by atoms with E-state index in [0.717, 1.165) is 29.6 Å². The summed E-state index contributed by atoms with van der Waals surface area (Å²) in [7, 11) is 1.78. The van der Waals surface area contributed by atoms with Crippen molar-refractivity contribution in [2.75, 3.05) is 26.9 Å². The molecule has 7 heteroatoms. The summed E-state index contributed by atoms with van der Waals surface area (Å²) >= 11 is 1.73. The van der Waals surface area contributed by atoms with E-state index in [1.807, 2.05) is 13.1 Å². The lowest BCUT2D eigenvalue weighted by Gasteiger charge is -2.12. The van der Waals surface area contributed by atoms with Crippen LogP contribution in [0.15, 0.2) is 35.5 Å². The largest absolute Gasteiger partial charge is 0.379 e. The van der Waals surface area contributed by atoms with Crippen molar-refractivity contribution in [3.8, 4) is 0 Å². The van der Waals surface area contributed by atoms with Gasteiger partial charge < -0.3 is 20.1 Å². The summed E-state index contributed by atoms with van der Waals surface area (Å²) in [5, 5.41) is 7.72. The molecular weight excluding hydrogens is 360 g/mol. The minimum Gasteiger partial charge on any atom is -0.379 e. The summed E-state index contributed by atoms with van der Waals surface area (Å²) in [5.41, 5.74) is 2.34. The van der Waals surface area contributed by atoms with Crippen molar-refractivity contribution in [2.24, 2.45) is 4.99 Å². The number of rotatable bonds is 11. The van der Waals surface area contributed by atoms with Gasteiger partial charge in [-0.1, -0.05) is 31.2 Å². The van der Waals surface area contributed by atoms with Crippen LogP contribution in [0.2, 0.25) is 0 Å². The van der Waals surface area contributed by atoms with E-state index in [1.165, 1.54) is 10.4 Å². The van der Waals surface area contributed by atoms with Gasteiger partial charge in [0.25, 0.3) is 0 Å². The zero-order valence-corrected chi connectivity index (χ0v) is 17.3. The van der Waals surface area contributed by atoms with Gasteiger partial charge >= 0.3 is 0 Å². The minimum atomic E-state index is 0.595. The molecule has 27 heavy (non-hydrogen) atoms. The summed E-state index contributed by atoms with van der Waals surface area (Å²) in [5.74, 6) is 0.765. The number of benzene rings is 1. The van der Waals surface area contributed by atoms with Crippen molar-refractivity contribution in [3.05, 3.63) is 51.5 Å². The average molecular weight is 391 g/mol. The molecule has 0 aliphatic rings. The zero-order valence-electron chi connectivity index (χ0n) is 16.5. The Morgan fingerprint density at radius 2 is 1.89 bits per heavy atom. The zero-order chi connectivity index (χ0) is 19.3. The molecule has 1 aromatic heterocycles. The fourth-order valence-electron chi connectivity index (χ4n) is 2.44. The standard InChI is InChI=1S/C20H30N4O2S/c1-4-18-13-22-19(27-18)14-24-20(21-3)23-12-16-7-6-8-17(11-16)15-26-10-9-25-5-2/h6-8,11,13H,4-5,9-10,12,14-15H2,1-3H3,(H2,21,23,24). The van der Waals surface area contributed by atoms with Crippen LogP contribution in [0.4, 0.5) is 0 Å². The smallest absolute Gasteiger partial charge is 0.191 e. The summed E-state index contributed by atoms with van der Waals surface area (Å²) in [6, 6.07) is 8.37. The number of nitrogens with zero attached hydrogens (tertiary/aromatic N) is 2. The maximum Gasteiger partial charge on any atom is 0.191 e. The third-order valence-electron chi connectivity index (χ3n) is 3.88. The first-order valence-electron chi connectivity index (χ1n) is 9.36. The molecule has 0 unspecified atom stereocenters. The van der Waals surface area contributed by atoms with E-state index in [-0.39, 0.29) is 0 Å². The Morgan fingerprint density at radius 3 is 2.63 bits per heavy atom. The minimum absolute atomic E-state index is 0.595. The number of aliphatic imine (C=N–C) groups is 1. The lowest BCUT2D eigenvalue weighted by Crippen LogP contribution is -2.36. The SMILES string of the molecule is CCOCCOCc1cccc(CNC(=NC)NCc2ncc(CC)s2)c1. The Balaban J connectivity index is 1.75. The van der Waals surface area contributed by atoms with Gasteiger partial charge in [0.1, 0.15) is 5.01 Å². The van der Waals surface area contributed by atoms with Crippen LogP contribution in [-0.2, 0) is 35.6 Å². The molecule has 0 bridgehead atoms. The Bertz CT molecular complexity index is 703. The molecular formula is C20H30N4O2S. The molecule has 0 saturated carbocycles. The fraction of sp³-hybridized carbons (Fsp3) is 0.500. The summed E-state index contributed by atoms with van der Waals surface area (Å²) in [6.45, 7) is 8.08. The lowest BCUT2D eigenvalue weighted by atomic mass is 10.1. The number of ether oxygens (including phenoxy) is 2. The first-order valence-corrected chi connectivity index (χ1v) is 10.2. The van der Waals surface area contributed by atoms with Crippen molar-refractivity contribution in [3.63, 3.8) is 0 Å². The molecule has 0 aliphatic carbocycles. The monoisotopic (exact) mass is 390 g/mol. The summed E-state index contributed by atoms with van der Waals surface area (Å²) in [4.78, 5) is 10.0. The number of guanidine groups is 1. The van der Waals surface area contributed by atoms with Crippen LogP contribution < -0.4 is 10.6 Å². The molecule has 0 spiro atoms. The fourth-order valence-corrected chi connectivity index (χ4v) is 3.24. The van der Waals surface area contributed by atoms with E-state index < -0.39 is 0 Å². The number of hydrogen-bond donors (Lipinski definition) is 2. The van der Waals surface area contributed by atoms with Gasteiger partial charge in [-0.05, 0) is 24.5 Å². The van der Waals surface area contributed by atoms with Crippen molar-refractivity contribution >= 4 is 17.3 Å². The van der Waals surface area contributed by atoms with Gasteiger partial charge in [0.15, 0.2) is 5.96 Å². The molecule has 1 heterocycles. The number of aryl methyl sites for hydroxylation is 1. The maximum absolute atomic E-state index is 5.64. The second-order valence-electron chi connectivity index (χ2n) is 5.92. The molecule has 148 valence electrons. The highest BCUT2D eigenvalue weighted by Crippen LogP contribution is 2.12. The van der Waals surface area contributed by atoms with Crippen LogP contribution in [-0.4, -0.2) is 37.8 Å².